The van der Waals surface area contributed by atoms with Crippen LogP contribution in [0.15, 0.2) is 24.3 Å². The zero-order valence-electron chi connectivity index (χ0n) is 10.4. The highest BCUT2D eigenvalue weighted by Gasteiger charge is 2.06. The molecule has 0 aliphatic carbocycles. The molecule has 1 unspecified atom stereocenters. The van der Waals surface area contributed by atoms with E-state index >= 15 is 0 Å². The zero-order valence-corrected chi connectivity index (χ0v) is 10.4. The Morgan fingerprint density at radius 3 is 2.38 bits per heavy atom. The Hall–Kier alpha value is -1.15. The van der Waals surface area contributed by atoms with E-state index in [1.165, 1.54) is 5.56 Å². The van der Waals surface area contributed by atoms with Crippen LogP contribution in [0.25, 0.3) is 0 Å². The summed E-state index contributed by atoms with van der Waals surface area (Å²) < 4.78 is 0. The Bertz CT molecular complexity index is 329. The lowest BCUT2D eigenvalue weighted by atomic mass is 10.1. The second kappa shape index (κ2) is 6.44. The molecule has 0 radical (unpaired) electrons. The lowest BCUT2D eigenvalue weighted by Gasteiger charge is -2.10. The number of hydrogen-bond donors (Lipinski definition) is 1. The standard InChI is InChI=1S/C14H21NO/c1-4-11(3)15-10-14(16)13-8-6-12(5-2)7-9-13/h6-9,11,15H,4-5,10H2,1-3H3. The minimum absolute atomic E-state index is 0.169. The SMILES string of the molecule is CCc1ccc(C(=O)CNC(C)CC)cc1. The van der Waals surface area contributed by atoms with Gasteiger partial charge in [-0.1, -0.05) is 38.1 Å². The average Bonchev–Trinajstić information content (AvgIpc) is 2.35. The molecule has 2 nitrogen and oxygen atoms in total. The third-order valence-electron chi connectivity index (χ3n) is 2.91. The Labute approximate surface area is 98.1 Å². The molecule has 0 saturated carbocycles. The summed E-state index contributed by atoms with van der Waals surface area (Å²) >= 11 is 0. The first-order chi connectivity index (χ1) is 7.67. The van der Waals surface area contributed by atoms with Gasteiger partial charge in [-0.05, 0) is 25.3 Å². The fraction of sp³-hybridized carbons (Fsp3) is 0.500. The van der Waals surface area contributed by atoms with Crippen molar-refractivity contribution in [3.63, 3.8) is 0 Å². The molecule has 1 rings (SSSR count). The third-order valence-corrected chi connectivity index (χ3v) is 2.91. The first-order valence-corrected chi connectivity index (χ1v) is 6.02. The van der Waals surface area contributed by atoms with Crippen LogP contribution in [0.3, 0.4) is 0 Å². The number of ketones is 1. The smallest absolute Gasteiger partial charge is 0.176 e. The third kappa shape index (κ3) is 3.78. The van der Waals surface area contributed by atoms with E-state index in [0.29, 0.717) is 12.6 Å². The second-order valence-electron chi connectivity index (χ2n) is 4.16. The molecule has 1 aromatic rings. The summed E-state index contributed by atoms with van der Waals surface area (Å²) in [5, 5.41) is 3.21. The predicted octanol–water partition coefficient (Wildman–Crippen LogP) is 2.82. The van der Waals surface area contributed by atoms with E-state index < -0.39 is 0 Å². The lowest BCUT2D eigenvalue weighted by molar-refractivity contribution is 0.0987. The fourth-order valence-electron chi connectivity index (χ4n) is 1.44. The summed E-state index contributed by atoms with van der Waals surface area (Å²) in [5.41, 5.74) is 2.07. The van der Waals surface area contributed by atoms with E-state index in [9.17, 15) is 4.79 Å². The molecule has 2 heteroatoms. The van der Waals surface area contributed by atoms with Gasteiger partial charge in [-0.15, -0.1) is 0 Å². The van der Waals surface area contributed by atoms with Gasteiger partial charge in [0.05, 0.1) is 6.54 Å². The molecule has 1 aromatic carbocycles. The number of carbonyl (C=O) groups is 1. The molecule has 88 valence electrons. The summed E-state index contributed by atoms with van der Waals surface area (Å²) in [7, 11) is 0. The monoisotopic (exact) mass is 219 g/mol. The number of Topliss-reactive ketones (excluding diaryl/α,β-unsaturated/α-hetero) is 1. The zero-order chi connectivity index (χ0) is 12.0. The molecule has 0 aliphatic rings. The molecule has 0 saturated heterocycles. The quantitative estimate of drug-likeness (QED) is 0.745. The van der Waals surface area contributed by atoms with E-state index in [1.54, 1.807) is 0 Å². The van der Waals surface area contributed by atoms with Crippen LogP contribution >= 0.6 is 0 Å². The maximum atomic E-state index is 11.8. The molecule has 0 heterocycles. The molecule has 0 bridgehead atoms. The Balaban J connectivity index is 2.52. The van der Waals surface area contributed by atoms with Gasteiger partial charge in [-0.3, -0.25) is 4.79 Å². The topological polar surface area (TPSA) is 29.1 Å². The maximum Gasteiger partial charge on any atom is 0.176 e. The van der Waals surface area contributed by atoms with E-state index in [-0.39, 0.29) is 5.78 Å². The fourth-order valence-corrected chi connectivity index (χ4v) is 1.44. The molecular formula is C14H21NO. The Kier molecular flexibility index (Phi) is 5.20. The number of aryl methyl sites for hydroxylation is 1. The summed E-state index contributed by atoms with van der Waals surface area (Å²) in [6.07, 6.45) is 2.06. The number of nitrogens with one attached hydrogen (secondary N) is 1. The van der Waals surface area contributed by atoms with E-state index in [2.05, 4.69) is 26.1 Å². The molecular weight excluding hydrogens is 198 g/mol. The van der Waals surface area contributed by atoms with Crippen LogP contribution in [0.5, 0.6) is 0 Å². The molecule has 0 fully saturated rings. The van der Waals surface area contributed by atoms with Gasteiger partial charge < -0.3 is 5.32 Å². The second-order valence-corrected chi connectivity index (χ2v) is 4.16. The maximum absolute atomic E-state index is 11.8. The van der Waals surface area contributed by atoms with Crippen molar-refractivity contribution in [1.29, 1.82) is 0 Å². The molecule has 1 N–H and O–H groups in total. The Morgan fingerprint density at radius 2 is 1.88 bits per heavy atom. The van der Waals surface area contributed by atoms with Crippen molar-refractivity contribution in [3.8, 4) is 0 Å². The van der Waals surface area contributed by atoms with Gasteiger partial charge in [0.2, 0.25) is 0 Å². The van der Waals surface area contributed by atoms with Crippen molar-refractivity contribution in [2.24, 2.45) is 0 Å². The Morgan fingerprint density at radius 1 is 1.25 bits per heavy atom. The molecule has 0 aliphatic heterocycles. The normalized spacial score (nSPS) is 12.4. The minimum atomic E-state index is 0.169. The van der Waals surface area contributed by atoms with Crippen LogP contribution in [-0.2, 0) is 6.42 Å². The summed E-state index contributed by atoms with van der Waals surface area (Å²) in [6, 6.07) is 8.28. The number of carbonyl (C=O) groups excluding carboxylic acids is 1. The van der Waals surface area contributed by atoms with Crippen molar-refractivity contribution in [1.82, 2.24) is 5.32 Å². The van der Waals surface area contributed by atoms with Crippen LogP contribution in [0.4, 0.5) is 0 Å². The van der Waals surface area contributed by atoms with Crippen molar-refractivity contribution >= 4 is 5.78 Å². The van der Waals surface area contributed by atoms with Gasteiger partial charge >= 0.3 is 0 Å². The van der Waals surface area contributed by atoms with E-state index in [1.807, 2.05) is 24.3 Å². The first-order valence-electron chi connectivity index (χ1n) is 6.02. The van der Waals surface area contributed by atoms with Crippen LogP contribution in [-0.4, -0.2) is 18.4 Å². The highest BCUT2D eigenvalue weighted by molar-refractivity contribution is 5.97. The minimum Gasteiger partial charge on any atom is -0.307 e. The van der Waals surface area contributed by atoms with Crippen molar-refractivity contribution < 1.29 is 4.79 Å². The van der Waals surface area contributed by atoms with Gasteiger partial charge in [-0.2, -0.15) is 0 Å². The predicted molar refractivity (Wildman–Crippen MR) is 67.9 cm³/mol. The summed E-state index contributed by atoms with van der Waals surface area (Å²) in [6.45, 7) is 6.74. The summed E-state index contributed by atoms with van der Waals surface area (Å²) in [5.74, 6) is 0.169. The number of hydrogen-bond acceptors (Lipinski definition) is 2. The lowest BCUT2D eigenvalue weighted by Crippen LogP contribution is -2.30. The van der Waals surface area contributed by atoms with Crippen LogP contribution in [0.1, 0.15) is 43.1 Å². The largest absolute Gasteiger partial charge is 0.307 e. The van der Waals surface area contributed by atoms with Gasteiger partial charge in [0.15, 0.2) is 5.78 Å². The highest BCUT2D eigenvalue weighted by atomic mass is 16.1. The van der Waals surface area contributed by atoms with Gasteiger partial charge in [0.1, 0.15) is 0 Å². The molecule has 0 aromatic heterocycles. The van der Waals surface area contributed by atoms with Gasteiger partial charge in [0.25, 0.3) is 0 Å². The molecule has 16 heavy (non-hydrogen) atoms. The van der Waals surface area contributed by atoms with E-state index in [4.69, 9.17) is 0 Å². The van der Waals surface area contributed by atoms with E-state index in [0.717, 1.165) is 18.4 Å². The molecule has 0 amide bonds. The summed E-state index contributed by atoms with van der Waals surface area (Å²) in [4.78, 5) is 11.8. The van der Waals surface area contributed by atoms with Gasteiger partial charge in [0, 0.05) is 11.6 Å². The first kappa shape index (κ1) is 12.9. The average molecular weight is 219 g/mol. The van der Waals surface area contributed by atoms with Gasteiger partial charge in [-0.25, -0.2) is 0 Å². The van der Waals surface area contributed by atoms with Crippen molar-refractivity contribution in [2.45, 2.75) is 39.7 Å². The van der Waals surface area contributed by atoms with Crippen LogP contribution in [0, 0.1) is 0 Å². The van der Waals surface area contributed by atoms with Crippen LogP contribution in [0.2, 0.25) is 0 Å². The van der Waals surface area contributed by atoms with Crippen molar-refractivity contribution in [2.75, 3.05) is 6.54 Å². The number of rotatable bonds is 6. The molecule has 1 atom stereocenters. The van der Waals surface area contributed by atoms with Crippen molar-refractivity contribution in [3.05, 3.63) is 35.4 Å². The highest BCUT2D eigenvalue weighted by Crippen LogP contribution is 2.05. The van der Waals surface area contributed by atoms with Crippen LogP contribution < -0.4 is 5.32 Å². The molecule has 0 spiro atoms. The number of benzene rings is 1.